The Hall–Kier alpha value is -3.59. The van der Waals surface area contributed by atoms with E-state index < -0.39 is 12.1 Å². The zero-order valence-electron chi connectivity index (χ0n) is 25.5. The minimum absolute atomic E-state index is 0.0341. The predicted octanol–water partition coefficient (Wildman–Crippen LogP) is 5.46. The number of nitrogens with zero attached hydrogens (tertiary/aromatic N) is 3. The van der Waals surface area contributed by atoms with Crippen LogP contribution in [-0.2, 0) is 15.0 Å². The number of hydrogen-bond acceptors (Lipinski definition) is 6. The number of likely N-dealkylation sites (tertiary alicyclic amines) is 1. The van der Waals surface area contributed by atoms with E-state index in [9.17, 15) is 19.2 Å². The number of ketones is 1. The van der Waals surface area contributed by atoms with Gasteiger partial charge in [-0.3, -0.25) is 19.2 Å². The molecule has 9 heteroatoms. The van der Waals surface area contributed by atoms with Crippen molar-refractivity contribution in [2.24, 2.45) is 5.92 Å². The number of thiazole rings is 1. The van der Waals surface area contributed by atoms with Gasteiger partial charge in [-0.2, -0.15) is 0 Å². The third-order valence-electron chi connectivity index (χ3n) is 7.70. The van der Waals surface area contributed by atoms with Crippen LogP contribution in [0.2, 0.25) is 0 Å². The van der Waals surface area contributed by atoms with E-state index in [1.54, 1.807) is 33.5 Å². The molecule has 2 aromatic carbocycles. The van der Waals surface area contributed by atoms with Crippen molar-refractivity contribution < 1.29 is 19.2 Å². The number of Topliss-reactive ketones (excluding diaryl/α,β-unsaturated/α-hetero) is 1. The number of benzene rings is 2. The number of hydrogen-bond donors (Lipinski definition) is 1. The molecule has 224 valence electrons. The molecule has 0 saturated carbocycles. The number of piperidine rings is 1. The standard InChI is InChI=1S/C33H42N4O4S/c1-7-15-37(27-14-16-36(19-28(27)38)31(40)23-10-13-25-29(18-23)42-20-34-25)32(41)26(17-21(2)3)35-30(39)22-8-11-24(12-9-22)33(4,5)6/h8-13,18,20-21,26-27H,7,14-17,19H2,1-6H3,(H,35,39)/t26-,27?/m0/s1. The van der Waals surface area contributed by atoms with Crippen LogP contribution in [0, 0.1) is 5.92 Å². The Morgan fingerprint density at radius 1 is 1.10 bits per heavy atom. The van der Waals surface area contributed by atoms with Crippen molar-refractivity contribution in [3.63, 3.8) is 0 Å². The van der Waals surface area contributed by atoms with E-state index in [4.69, 9.17) is 0 Å². The van der Waals surface area contributed by atoms with Crippen LogP contribution >= 0.6 is 11.3 Å². The molecule has 0 aliphatic carbocycles. The maximum absolute atomic E-state index is 14.0. The first-order chi connectivity index (χ1) is 19.9. The number of amides is 3. The molecule has 0 spiro atoms. The quantitative estimate of drug-likeness (QED) is 0.357. The molecule has 3 amide bonds. The fraction of sp³-hybridized carbons (Fsp3) is 0.485. The second-order valence-corrected chi connectivity index (χ2v) is 13.4. The molecule has 4 rings (SSSR count). The predicted molar refractivity (Wildman–Crippen MR) is 167 cm³/mol. The molecule has 1 unspecified atom stereocenters. The summed E-state index contributed by atoms with van der Waals surface area (Å²) >= 11 is 1.47. The van der Waals surface area contributed by atoms with Gasteiger partial charge >= 0.3 is 0 Å². The van der Waals surface area contributed by atoms with Gasteiger partial charge in [-0.05, 0) is 66.5 Å². The first-order valence-corrected chi connectivity index (χ1v) is 15.6. The molecular formula is C33H42N4O4S. The summed E-state index contributed by atoms with van der Waals surface area (Å²) in [6, 6.07) is 11.4. The third-order valence-corrected chi connectivity index (χ3v) is 8.50. The average Bonchev–Trinajstić information content (AvgIpc) is 3.42. The normalized spacial score (nSPS) is 16.5. The van der Waals surface area contributed by atoms with Crippen LogP contribution in [0.5, 0.6) is 0 Å². The van der Waals surface area contributed by atoms with Crippen molar-refractivity contribution in [1.29, 1.82) is 0 Å². The lowest BCUT2D eigenvalue weighted by Crippen LogP contribution is -2.58. The second-order valence-electron chi connectivity index (χ2n) is 12.5. The summed E-state index contributed by atoms with van der Waals surface area (Å²) in [5.74, 6) is -0.776. The van der Waals surface area contributed by atoms with Crippen LogP contribution in [-0.4, -0.2) is 70.0 Å². The summed E-state index contributed by atoms with van der Waals surface area (Å²) in [6.45, 7) is 13.0. The Kier molecular flexibility index (Phi) is 9.82. The lowest BCUT2D eigenvalue weighted by Gasteiger charge is -2.39. The molecule has 1 aliphatic rings. The van der Waals surface area contributed by atoms with Gasteiger partial charge in [0, 0.05) is 24.2 Å². The minimum atomic E-state index is -0.759. The molecule has 8 nitrogen and oxygen atoms in total. The van der Waals surface area contributed by atoms with Crippen LogP contribution in [0.3, 0.4) is 0 Å². The number of rotatable bonds is 9. The first-order valence-electron chi connectivity index (χ1n) is 14.8. The molecule has 0 bridgehead atoms. The maximum atomic E-state index is 14.0. The summed E-state index contributed by atoms with van der Waals surface area (Å²) in [4.78, 5) is 61.4. The number of fused-ring (bicyclic) bond motifs is 1. The largest absolute Gasteiger partial charge is 0.340 e. The van der Waals surface area contributed by atoms with Crippen molar-refractivity contribution in [2.75, 3.05) is 19.6 Å². The van der Waals surface area contributed by atoms with Gasteiger partial charge in [-0.15, -0.1) is 11.3 Å². The lowest BCUT2D eigenvalue weighted by atomic mass is 9.86. The third kappa shape index (κ3) is 7.24. The zero-order chi connectivity index (χ0) is 30.6. The Bertz CT molecular complexity index is 1440. The van der Waals surface area contributed by atoms with E-state index in [-0.39, 0.29) is 41.4 Å². The fourth-order valence-electron chi connectivity index (χ4n) is 5.40. The summed E-state index contributed by atoms with van der Waals surface area (Å²) in [5, 5.41) is 2.97. The molecular weight excluding hydrogens is 548 g/mol. The average molecular weight is 591 g/mol. The van der Waals surface area contributed by atoms with Crippen LogP contribution in [0.4, 0.5) is 0 Å². The molecule has 0 radical (unpaired) electrons. The van der Waals surface area contributed by atoms with E-state index >= 15 is 0 Å². The van der Waals surface area contributed by atoms with Crippen LogP contribution < -0.4 is 5.32 Å². The number of aromatic nitrogens is 1. The topological polar surface area (TPSA) is 99.7 Å². The summed E-state index contributed by atoms with van der Waals surface area (Å²) in [5.41, 5.74) is 4.68. The van der Waals surface area contributed by atoms with Crippen molar-refractivity contribution in [3.05, 3.63) is 64.7 Å². The van der Waals surface area contributed by atoms with E-state index in [2.05, 4.69) is 31.1 Å². The molecule has 3 aromatic rings. The monoisotopic (exact) mass is 590 g/mol. The highest BCUT2D eigenvalue weighted by molar-refractivity contribution is 7.16. The van der Waals surface area contributed by atoms with E-state index in [0.717, 1.165) is 15.8 Å². The van der Waals surface area contributed by atoms with Gasteiger partial charge in [0.05, 0.1) is 28.3 Å². The van der Waals surface area contributed by atoms with Crippen molar-refractivity contribution >= 4 is 45.1 Å². The van der Waals surface area contributed by atoms with Gasteiger partial charge < -0.3 is 15.1 Å². The van der Waals surface area contributed by atoms with Gasteiger partial charge in [0.15, 0.2) is 5.78 Å². The van der Waals surface area contributed by atoms with E-state index in [0.29, 0.717) is 43.5 Å². The second kappa shape index (κ2) is 13.2. The van der Waals surface area contributed by atoms with Gasteiger partial charge in [0.25, 0.3) is 11.8 Å². The van der Waals surface area contributed by atoms with Gasteiger partial charge in [0.2, 0.25) is 5.91 Å². The van der Waals surface area contributed by atoms with Crippen molar-refractivity contribution in [2.45, 2.75) is 78.3 Å². The summed E-state index contributed by atoms with van der Waals surface area (Å²) in [6.07, 6.45) is 1.48. The number of carbonyl (C=O) groups is 4. The number of carbonyl (C=O) groups excluding carboxylic acids is 4. The Morgan fingerprint density at radius 3 is 2.40 bits per heavy atom. The highest BCUT2D eigenvalue weighted by atomic mass is 32.1. The minimum Gasteiger partial charge on any atom is -0.340 e. The van der Waals surface area contributed by atoms with Gasteiger partial charge in [-0.25, -0.2) is 4.98 Å². The maximum Gasteiger partial charge on any atom is 0.254 e. The molecule has 2 atom stereocenters. The summed E-state index contributed by atoms with van der Waals surface area (Å²) in [7, 11) is 0. The Morgan fingerprint density at radius 2 is 1.79 bits per heavy atom. The molecule has 42 heavy (non-hydrogen) atoms. The SMILES string of the molecule is CCCN(C(=O)[C@H](CC(C)C)NC(=O)c1ccc(C(C)(C)C)cc1)C1CCN(C(=O)c2ccc3ncsc3c2)CC1=O. The molecule has 2 heterocycles. The Balaban J connectivity index is 1.47. The fourth-order valence-corrected chi connectivity index (χ4v) is 6.12. The lowest BCUT2D eigenvalue weighted by molar-refractivity contribution is -0.143. The van der Waals surface area contributed by atoms with E-state index in [1.165, 1.54) is 11.3 Å². The van der Waals surface area contributed by atoms with Crippen LogP contribution in [0.1, 0.15) is 87.1 Å². The highest BCUT2D eigenvalue weighted by Gasteiger charge is 2.38. The highest BCUT2D eigenvalue weighted by Crippen LogP contribution is 2.24. The molecule has 1 aromatic heterocycles. The van der Waals surface area contributed by atoms with Crippen LogP contribution in [0.15, 0.2) is 48.0 Å². The molecule has 1 saturated heterocycles. The zero-order valence-corrected chi connectivity index (χ0v) is 26.3. The van der Waals surface area contributed by atoms with Crippen molar-refractivity contribution in [1.82, 2.24) is 20.1 Å². The molecule has 1 N–H and O–H groups in total. The first kappa shape index (κ1) is 31.3. The van der Waals surface area contributed by atoms with E-state index in [1.807, 2.05) is 45.0 Å². The van der Waals surface area contributed by atoms with Gasteiger partial charge in [0.1, 0.15) is 6.04 Å². The number of nitrogens with one attached hydrogen (secondary N) is 1. The molecule has 1 fully saturated rings. The van der Waals surface area contributed by atoms with Crippen molar-refractivity contribution in [3.8, 4) is 0 Å². The molecule has 1 aliphatic heterocycles. The Labute approximate surface area is 252 Å². The van der Waals surface area contributed by atoms with Crippen LogP contribution in [0.25, 0.3) is 10.2 Å². The van der Waals surface area contributed by atoms with Gasteiger partial charge in [-0.1, -0.05) is 53.7 Å². The smallest absolute Gasteiger partial charge is 0.254 e. The summed E-state index contributed by atoms with van der Waals surface area (Å²) < 4.78 is 0.921.